The van der Waals surface area contributed by atoms with E-state index in [-0.39, 0.29) is 11.7 Å². The van der Waals surface area contributed by atoms with E-state index in [4.69, 9.17) is 5.73 Å². The van der Waals surface area contributed by atoms with Gasteiger partial charge < -0.3 is 5.73 Å². The molecule has 0 radical (unpaired) electrons. The molecule has 94 valence electrons. The third-order valence-electron chi connectivity index (χ3n) is 2.95. The molecule has 1 atom stereocenters. The minimum atomic E-state index is -0.159. The molecule has 0 saturated carbocycles. The fraction of sp³-hybridized carbons (Fsp3) is 0.286. The van der Waals surface area contributed by atoms with Crippen LogP contribution in [0.4, 0.5) is 0 Å². The number of nitrogens with zero attached hydrogens (tertiary/aromatic N) is 1. The van der Waals surface area contributed by atoms with Crippen LogP contribution in [0.1, 0.15) is 23.5 Å². The van der Waals surface area contributed by atoms with Crippen LogP contribution in [0.2, 0.25) is 0 Å². The molecule has 2 aromatic heterocycles. The van der Waals surface area contributed by atoms with Crippen LogP contribution in [0.3, 0.4) is 0 Å². The molecular formula is C14H16N2OS. The third-order valence-corrected chi connectivity index (χ3v) is 3.65. The molecule has 18 heavy (non-hydrogen) atoms. The van der Waals surface area contributed by atoms with Gasteiger partial charge in [-0.1, -0.05) is 6.07 Å². The van der Waals surface area contributed by atoms with Crippen molar-refractivity contribution in [2.45, 2.75) is 18.8 Å². The number of thiophene rings is 1. The molecular weight excluding hydrogens is 244 g/mol. The monoisotopic (exact) mass is 260 g/mol. The van der Waals surface area contributed by atoms with E-state index in [1.807, 2.05) is 29.0 Å². The highest BCUT2D eigenvalue weighted by atomic mass is 32.1. The standard InChI is InChI=1S/C14H16N2OS/c15-8-13(12-5-7-18-10-12)14(17)4-3-11-2-1-6-16-9-11/h1-2,5-7,9-10,13H,3-4,8,15H2/t13-/m0/s1. The van der Waals surface area contributed by atoms with E-state index in [0.717, 1.165) is 17.5 Å². The van der Waals surface area contributed by atoms with Crippen molar-refractivity contribution in [1.82, 2.24) is 4.98 Å². The van der Waals surface area contributed by atoms with Gasteiger partial charge in [0.1, 0.15) is 5.78 Å². The second-order valence-corrected chi connectivity index (χ2v) is 4.95. The third kappa shape index (κ3) is 3.24. The maximum atomic E-state index is 12.2. The average molecular weight is 260 g/mol. The highest BCUT2D eigenvalue weighted by molar-refractivity contribution is 7.08. The number of hydrogen-bond acceptors (Lipinski definition) is 4. The number of hydrogen-bond donors (Lipinski definition) is 1. The molecule has 4 heteroatoms. The Morgan fingerprint density at radius 1 is 1.44 bits per heavy atom. The van der Waals surface area contributed by atoms with E-state index < -0.39 is 0 Å². The average Bonchev–Trinajstić information content (AvgIpc) is 2.92. The van der Waals surface area contributed by atoms with E-state index in [0.29, 0.717) is 13.0 Å². The van der Waals surface area contributed by atoms with Gasteiger partial charge in [0.25, 0.3) is 0 Å². The molecule has 0 aliphatic carbocycles. The van der Waals surface area contributed by atoms with Crippen molar-refractivity contribution >= 4 is 17.1 Å². The highest BCUT2D eigenvalue weighted by Crippen LogP contribution is 2.20. The predicted octanol–water partition coefficient (Wildman–Crippen LogP) is 2.39. The molecule has 0 aromatic carbocycles. The summed E-state index contributed by atoms with van der Waals surface area (Å²) in [5.74, 6) is 0.0488. The van der Waals surface area contributed by atoms with Crippen LogP contribution >= 0.6 is 11.3 Å². The van der Waals surface area contributed by atoms with Crippen LogP contribution in [-0.2, 0) is 11.2 Å². The molecule has 0 aliphatic heterocycles. The predicted molar refractivity (Wildman–Crippen MR) is 73.7 cm³/mol. The Labute approximate surface area is 111 Å². The molecule has 0 fully saturated rings. The summed E-state index contributed by atoms with van der Waals surface area (Å²) in [5, 5.41) is 3.98. The summed E-state index contributed by atoms with van der Waals surface area (Å²) in [5.41, 5.74) is 7.84. The minimum Gasteiger partial charge on any atom is -0.329 e. The van der Waals surface area contributed by atoms with Crippen molar-refractivity contribution in [3.05, 3.63) is 52.5 Å². The van der Waals surface area contributed by atoms with Crippen molar-refractivity contribution in [3.63, 3.8) is 0 Å². The normalized spacial score (nSPS) is 12.3. The Morgan fingerprint density at radius 3 is 2.94 bits per heavy atom. The minimum absolute atomic E-state index is 0.159. The maximum Gasteiger partial charge on any atom is 0.141 e. The van der Waals surface area contributed by atoms with Gasteiger partial charge in [0.15, 0.2) is 0 Å². The number of pyridine rings is 1. The smallest absolute Gasteiger partial charge is 0.141 e. The van der Waals surface area contributed by atoms with Crippen molar-refractivity contribution < 1.29 is 4.79 Å². The Kier molecular flexibility index (Phi) is 4.61. The SMILES string of the molecule is NC[C@H](C(=O)CCc1cccnc1)c1ccsc1. The summed E-state index contributed by atoms with van der Waals surface area (Å²) < 4.78 is 0. The van der Waals surface area contributed by atoms with E-state index in [2.05, 4.69) is 4.98 Å². The van der Waals surface area contributed by atoms with Gasteiger partial charge in [0, 0.05) is 25.4 Å². The first-order chi connectivity index (χ1) is 8.81. The molecule has 0 amide bonds. The molecule has 0 bridgehead atoms. The lowest BCUT2D eigenvalue weighted by Gasteiger charge is -2.11. The second kappa shape index (κ2) is 6.42. The highest BCUT2D eigenvalue weighted by Gasteiger charge is 2.18. The number of Topliss-reactive ketones (excluding diaryl/α,β-unsaturated/α-hetero) is 1. The Bertz CT molecular complexity index is 482. The lowest BCUT2D eigenvalue weighted by atomic mass is 9.93. The fourth-order valence-corrected chi connectivity index (χ4v) is 2.63. The summed E-state index contributed by atoms with van der Waals surface area (Å²) in [7, 11) is 0. The lowest BCUT2D eigenvalue weighted by molar-refractivity contribution is -0.120. The van der Waals surface area contributed by atoms with Crippen LogP contribution in [0.15, 0.2) is 41.4 Å². The van der Waals surface area contributed by atoms with E-state index in [1.165, 1.54) is 0 Å². The molecule has 2 heterocycles. The van der Waals surface area contributed by atoms with E-state index >= 15 is 0 Å². The largest absolute Gasteiger partial charge is 0.329 e. The summed E-state index contributed by atoms with van der Waals surface area (Å²) in [4.78, 5) is 16.2. The van der Waals surface area contributed by atoms with Gasteiger partial charge in [-0.05, 0) is 40.4 Å². The molecule has 3 nitrogen and oxygen atoms in total. The zero-order chi connectivity index (χ0) is 12.8. The van der Waals surface area contributed by atoms with Gasteiger partial charge >= 0.3 is 0 Å². The summed E-state index contributed by atoms with van der Waals surface area (Å²) in [6.07, 6.45) is 4.78. The Morgan fingerprint density at radius 2 is 2.33 bits per heavy atom. The van der Waals surface area contributed by atoms with Gasteiger partial charge in [0.2, 0.25) is 0 Å². The summed E-state index contributed by atoms with van der Waals surface area (Å²) in [6, 6.07) is 5.85. The lowest BCUT2D eigenvalue weighted by Crippen LogP contribution is -2.21. The van der Waals surface area contributed by atoms with Crippen LogP contribution in [0.25, 0.3) is 0 Å². The fourth-order valence-electron chi connectivity index (χ4n) is 1.91. The number of aryl methyl sites for hydroxylation is 1. The van der Waals surface area contributed by atoms with Crippen LogP contribution < -0.4 is 5.73 Å². The maximum absolute atomic E-state index is 12.2. The van der Waals surface area contributed by atoms with Gasteiger partial charge in [-0.25, -0.2) is 0 Å². The number of aromatic nitrogens is 1. The summed E-state index contributed by atoms with van der Waals surface area (Å²) >= 11 is 1.60. The van der Waals surface area contributed by atoms with E-state index in [1.54, 1.807) is 23.7 Å². The zero-order valence-electron chi connectivity index (χ0n) is 10.1. The molecule has 0 unspecified atom stereocenters. The summed E-state index contributed by atoms with van der Waals surface area (Å²) in [6.45, 7) is 0.378. The van der Waals surface area contributed by atoms with Gasteiger partial charge in [-0.2, -0.15) is 11.3 Å². The van der Waals surface area contributed by atoms with Crippen LogP contribution in [0, 0.1) is 0 Å². The van der Waals surface area contributed by atoms with Gasteiger partial charge in [-0.15, -0.1) is 0 Å². The first kappa shape index (κ1) is 12.9. The Balaban J connectivity index is 1.95. The Hall–Kier alpha value is -1.52. The van der Waals surface area contributed by atoms with Crippen molar-refractivity contribution in [1.29, 1.82) is 0 Å². The van der Waals surface area contributed by atoms with Crippen molar-refractivity contribution in [2.75, 3.05) is 6.54 Å². The van der Waals surface area contributed by atoms with Crippen molar-refractivity contribution in [3.8, 4) is 0 Å². The topological polar surface area (TPSA) is 56.0 Å². The first-order valence-corrected chi connectivity index (χ1v) is 6.89. The van der Waals surface area contributed by atoms with Gasteiger partial charge in [0.05, 0.1) is 5.92 Å². The number of carbonyl (C=O) groups excluding carboxylic acids is 1. The molecule has 2 aromatic rings. The molecule has 0 spiro atoms. The quantitative estimate of drug-likeness (QED) is 0.867. The van der Waals surface area contributed by atoms with Crippen LogP contribution in [-0.4, -0.2) is 17.3 Å². The zero-order valence-corrected chi connectivity index (χ0v) is 10.9. The first-order valence-electron chi connectivity index (χ1n) is 5.95. The van der Waals surface area contributed by atoms with Crippen LogP contribution in [0.5, 0.6) is 0 Å². The number of carbonyl (C=O) groups is 1. The molecule has 0 saturated heterocycles. The second-order valence-electron chi connectivity index (χ2n) is 4.17. The number of nitrogens with two attached hydrogens (primary N) is 1. The number of rotatable bonds is 6. The van der Waals surface area contributed by atoms with E-state index in [9.17, 15) is 4.79 Å². The molecule has 2 N–H and O–H groups in total. The number of ketones is 1. The van der Waals surface area contributed by atoms with Crippen molar-refractivity contribution in [2.24, 2.45) is 5.73 Å². The van der Waals surface area contributed by atoms with Gasteiger partial charge in [-0.3, -0.25) is 9.78 Å². The molecule has 0 aliphatic rings. The molecule has 2 rings (SSSR count).